The second kappa shape index (κ2) is 7.07. The van der Waals surface area contributed by atoms with Crippen LogP contribution in [0.5, 0.6) is 0 Å². The van der Waals surface area contributed by atoms with Crippen molar-refractivity contribution in [1.29, 1.82) is 0 Å². The molecule has 1 amide bonds. The van der Waals surface area contributed by atoms with Crippen molar-refractivity contribution in [2.75, 3.05) is 25.0 Å². The van der Waals surface area contributed by atoms with Crippen LogP contribution in [-0.2, 0) is 6.42 Å². The Bertz CT molecular complexity index is 604. The minimum absolute atomic E-state index is 0.0494. The lowest BCUT2D eigenvalue weighted by Crippen LogP contribution is -2.28. The number of amides is 1. The predicted molar refractivity (Wildman–Crippen MR) is 88.0 cm³/mol. The molecule has 1 aromatic carbocycles. The number of benzene rings is 1. The lowest BCUT2D eigenvalue weighted by Gasteiger charge is -2.14. The van der Waals surface area contributed by atoms with Gasteiger partial charge in [0.15, 0.2) is 0 Å². The van der Waals surface area contributed by atoms with Gasteiger partial charge in [0.2, 0.25) is 0 Å². The Labute approximate surface area is 131 Å². The summed E-state index contributed by atoms with van der Waals surface area (Å²) in [5.41, 5.74) is 2.80. The van der Waals surface area contributed by atoms with Crippen LogP contribution in [0.3, 0.4) is 0 Å². The molecule has 114 valence electrons. The van der Waals surface area contributed by atoms with Crippen molar-refractivity contribution in [2.45, 2.75) is 19.3 Å². The zero-order valence-corrected chi connectivity index (χ0v) is 12.7. The molecule has 4 heteroatoms. The summed E-state index contributed by atoms with van der Waals surface area (Å²) in [6.45, 7) is 2.57. The van der Waals surface area contributed by atoms with E-state index in [2.05, 4.69) is 34.6 Å². The van der Waals surface area contributed by atoms with Crippen LogP contribution in [0.15, 0.2) is 48.7 Å². The van der Waals surface area contributed by atoms with Gasteiger partial charge < -0.3 is 10.2 Å². The molecular weight excluding hydrogens is 274 g/mol. The molecule has 0 bridgehead atoms. The second-order valence-electron chi connectivity index (χ2n) is 5.59. The molecule has 3 rings (SSSR count). The molecule has 0 spiro atoms. The van der Waals surface area contributed by atoms with E-state index in [1.165, 1.54) is 5.56 Å². The maximum atomic E-state index is 12.2. The molecule has 0 atom stereocenters. The zero-order valence-electron chi connectivity index (χ0n) is 12.7. The van der Waals surface area contributed by atoms with Crippen molar-refractivity contribution in [1.82, 2.24) is 9.88 Å². The third kappa shape index (κ3) is 3.64. The number of aromatic nitrogens is 1. The highest BCUT2D eigenvalue weighted by molar-refractivity contribution is 5.92. The molecule has 0 saturated carbocycles. The van der Waals surface area contributed by atoms with E-state index in [0.717, 1.165) is 44.6 Å². The van der Waals surface area contributed by atoms with Crippen LogP contribution >= 0.6 is 0 Å². The Hall–Kier alpha value is -2.36. The number of hydrogen-bond acceptors (Lipinski definition) is 3. The molecule has 2 heterocycles. The van der Waals surface area contributed by atoms with E-state index in [1.54, 1.807) is 6.20 Å². The minimum atomic E-state index is 0.0494. The quantitative estimate of drug-likeness (QED) is 0.922. The van der Waals surface area contributed by atoms with Gasteiger partial charge in [-0.05, 0) is 37.0 Å². The van der Waals surface area contributed by atoms with Crippen molar-refractivity contribution >= 4 is 11.6 Å². The third-order valence-electron chi connectivity index (χ3n) is 3.96. The van der Waals surface area contributed by atoms with Crippen molar-refractivity contribution in [3.63, 3.8) is 0 Å². The van der Waals surface area contributed by atoms with Crippen molar-refractivity contribution in [3.8, 4) is 0 Å². The average molecular weight is 295 g/mol. The Kier molecular flexibility index (Phi) is 4.68. The van der Waals surface area contributed by atoms with E-state index in [9.17, 15) is 4.79 Å². The van der Waals surface area contributed by atoms with E-state index < -0.39 is 0 Å². The Balaban J connectivity index is 1.52. The maximum Gasteiger partial charge on any atom is 0.272 e. The van der Waals surface area contributed by atoms with Gasteiger partial charge in [-0.2, -0.15) is 0 Å². The average Bonchev–Trinajstić information content (AvgIpc) is 3.10. The third-order valence-corrected chi connectivity index (χ3v) is 3.96. The van der Waals surface area contributed by atoms with Gasteiger partial charge in [-0.3, -0.25) is 4.79 Å². The van der Waals surface area contributed by atoms with E-state index in [1.807, 2.05) is 23.1 Å². The number of likely N-dealkylation sites (tertiary alicyclic amines) is 1. The molecule has 0 unspecified atom stereocenters. The smallest absolute Gasteiger partial charge is 0.272 e. The van der Waals surface area contributed by atoms with Crippen LogP contribution < -0.4 is 5.32 Å². The fourth-order valence-electron chi connectivity index (χ4n) is 2.70. The topological polar surface area (TPSA) is 45.2 Å². The van der Waals surface area contributed by atoms with E-state index >= 15 is 0 Å². The highest BCUT2D eigenvalue weighted by atomic mass is 16.2. The van der Waals surface area contributed by atoms with Crippen LogP contribution in [0.1, 0.15) is 28.9 Å². The number of rotatable bonds is 5. The molecule has 1 aromatic heterocycles. The SMILES string of the molecule is O=C(c1ccc(NCCc2ccccc2)cn1)N1CCCC1. The van der Waals surface area contributed by atoms with Crippen molar-refractivity contribution in [3.05, 3.63) is 59.9 Å². The Morgan fingerprint density at radius 2 is 1.86 bits per heavy atom. The largest absolute Gasteiger partial charge is 0.383 e. The molecule has 0 radical (unpaired) electrons. The fraction of sp³-hybridized carbons (Fsp3) is 0.333. The molecule has 0 aliphatic carbocycles. The molecule has 1 aliphatic heterocycles. The van der Waals surface area contributed by atoms with Crippen molar-refractivity contribution in [2.24, 2.45) is 0 Å². The molecular formula is C18H21N3O. The number of nitrogens with zero attached hydrogens (tertiary/aromatic N) is 2. The molecule has 1 N–H and O–H groups in total. The maximum absolute atomic E-state index is 12.2. The summed E-state index contributed by atoms with van der Waals surface area (Å²) in [6, 6.07) is 14.1. The minimum Gasteiger partial charge on any atom is -0.383 e. The number of carbonyl (C=O) groups excluding carboxylic acids is 1. The second-order valence-corrected chi connectivity index (χ2v) is 5.59. The summed E-state index contributed by atoms with van der Waals surface area (Å²) in [7, 11) is 0. The van der Waals surface area contributed by atoms with Gasteiger partial charge >= 0.3 is 0 Å². The Morgan fingerprint density at radius 1 is 1.09 bits per heavy atom. The highest BCUT2D eigenvalue weighted by Crippen LogP contribution is 2.13. The van der Waals surface area contributed by atoms with Crippen LogP contribution in [0.25, 0.3) is 0 Å². The molecule has 1 aliphatic rings. The first-order valence-corrected chi connectivity index (χ1v) is 7.86. The van der Waals surface area contributed by atoms with E-state index in [4.69, 9.17) is 0 Å². The van der Waals surface area contributed by atoms with Gasteiger partial charge in [-0.25, -0.2) is 4.98 Å². The lowest BCUT2D eigenvalue weighted by molar-refractivity contribution is 0.0787. The van der Waals surface area contributed by atoms with Crippen LogP contribution in [0.4, 0.5) is 5.69 Å². The first kappa shape index (κ1) is 14.6. The lowest BCUT2D eigenvalue weighted by atomic mass is 10.1. The van der Waals surface area contributed by atoms with Gasteiger partial charge in [-0.1, -0.05) is 30.3 Å². The first-order valence-electron chi connectivity index (χ1n) is 7.86. The summed E-state index contributed by atoms with van der Waals surface area (Å²) in [5.74, 6) is 0.0494. The molecule has 4 nitrogen and oxygen atoms in total. The van der Waals surface area contributed by atoms with Crippen LogP contribution in [0.2, 0.25) is 0 Å². The number of carbonyl (C=O) groups is 1. The summed E-state index contributed by atoms with van der Waals surface area (Å²) in [6.07, 6.45) is 4.92. The fourth-order valence-corrected chi connectivity index (χ4v) is 2.70. The highest BCUT2D eigenvalue weighted by Gasteiger charge is 2.20. The molecule has 1 fully saturated rings. The van der Waals surface area contributed by atoms with Gasteiger partial charge in [-0.15, -0.1) is 0 Å². The Morgan fingerprint density at radius 3 is 2.55 bits per heavy atom. The van der Waals surface area contributed by atoms with Gasteiger partial charge in [0, 0.05) is 19.6 Å². The van der Waals surface area contributed by atoms with Gasteiger partial charge in [0.05, 0.1) is 11.9 Å². The molecule has 2 aromatic rings. The summed E-state index contributed by atoms with van der Waals surface area (Å²) in [5, 5.41) is 3.34. The monoisotopic (exact) mass is 295 g/mol. The summed E-state index contributed by atoms with van der Waals surface area (Å²) >= 11 is 0. The van der Waals surface area contributed by atoms with Gasteiger partial charge in [0.1, 0.15) is 5.69 Å². The summed E-state index contributed by atoms with van der Waals surface area (Å²) < 4.78 is 0. The zero-order chi connectivity index (χ0) is 15.2. The standard InChI is InChI=1S/C18H21N3O/c22-18(21-12-4-5-13-21)17-9-8-16(14-20-17)19-11-10-15-6-2-1-3-7-15/h1-3,6-9,14,19H,4-5,10-13H2. The van der Waals surface area contributed by atoms with Gasteiger partial charge in [0.25, 0.3) is 5.91 Å². The number of nitrogens with one attached hydrogen (secondary N) is 1. The predicted octanol–water partition coefficient (Wildman–Crippen LogP) is 2.97. The normalized spacial score (nSPS) is 14.1. The molecule has 1 saturated heterocycles. The van der Waals surface area contributed by atoms with E-state index in [-0.39, 0.29) is 5.91 Å². The summed E-state index contributed by atoms with van der Waals surface area (Å²) in [4.78, 5) is 18.4. The van der Waals surface area contributed by atoms with E-state index in [0.29, 0.717) is 5.69 Å². The van der Waals surface area contributed by atoms with Crippen LogP contribution in [-0.4, -0.2) is 35.4 Å². The van der Waals surface area contributed by atoms with Crippen LogP contribution in [0, 0.1) is 0 Å². The number of anilines is 1. The molecule has 22 heavy (non-hydrogen) atoms. The van der Waals surface area contributed by atoms with Crippen molar-refractivity contribution < 1.29 is 4.79 Å². The first-order chi connectivity index (χ1) is 10.8. The number of pyridine rings is 1. The number of hydrogen-bond donors (Lipinski definition) is 1.